The van der Waals surface area contributed by atoms with E-state index in [1.165, 1.54) is 0 Å². The van der Waals surface area contributed by atoms with E-state index in [2.05, 4.69) is 0 Å². The van der Waals surface area contributed by atoms with Gasteiger partial charge in [-0.2, -0.15) is 0 Å². The molecule has 4 saturated carbocycles. The number of fused-ring (bicyclic) bond motifs is 3. The van der Waals surface area contributed by atoms with E-state index in [4.69, 9.17) is 9.47 Å². The maximum Gasteiger partial charge on any atom is 0.309 e. The Bertz CT molecular complexity index is 900. The number of rotatable bonds is 5. The lowest BCUT2D eigenvalue weighted by Gasteiger charge is -2.66. The second-order valence-electron chi connectivity index (χ2n) is 13.0. The van der Waals surface area contributed by atoms with Gasteiger partial charge in [0, 0.05) is 11.3 Å². The number of hydrogen-bond acceptors (Lipinski definition) is 10. The first-order valence-corrected chi connectivity index (χ1v) is 13.5. The van der Waals surface area contributed by atoms with E-state index in [1.54, 1.807) is 6.92 Å². The van der Waals surface area contributed by atoms with E-state index in [1.807, 2.05) is 6.92 Å². The van der Waals surface area contributed by atoms with E-state index >= 15 is 0 Å². The molecule has 2 bridgehead atoms. The highest BCUT2D eigenvalue weighted by Crippen LogP contribution is 2.73. The Hall–Kier alpha value is -0.890. The summed E-state index contributed by atoms with van der Waals surface area (Å²) in [6.07, 6.45) is -6.18. The second kappa shape index (κ2) is 9.07. The summed E-state index contributed by atoms with van der Waals surface area (Å²) in [5.74, 6) is -1.98. The summed E-state index contributed by atoms with van der Waals surface area (Å²) in [7, 11) is 0. The van der Waals surface area contributed by atoms with Gasteiger partial charge in [0.15, 0.2) is 6.29 Å². The molecule has 11 heteroatoms. The first-order chi connectivity index (χ1) is 17.3. The van der Waals surface area contributed by atoms with Crippen LogP contribution in [0.25, 0.3) is 0 Å². The van der Waals surface area contributed by atoms with Crippen LogP contribution in [0.4, 0.5) is 0 Å². The Kier molecular flexibility index (Phi) is 6.78. The number of carboxylic acids is 1. The van der Waals surface area contributed by atoms with Crippen molar-refractivity contribution in [2.24, 2.45) is 34.0 Å². The third-order valence-electron chi connectivity index (χ3n) is 11.3. The predicted molar refractivity (Wildman–Crippen MR) is 126 cm³/mol. The molecule has 0 aromatic heterocycles. The molecule has 0 radical (unpaired) electrons. The summed E-state index contributed by atoms with van der Waals surface area (Å²) in [5, 5.41) is 84.6. The molecule has 5 rings (SSSR count). The smallest absolute Gasteiger partial charge is 0.309 e. The molecule has 1 aliphatic heterocycles. The van der Waals surface area contributed by atoms with Gasteiger partial charge in [-0.05, 0) is 62.7 Å². The minimum absolute atomic E-state index is 0.120. The van der Waals surface area contributed by atoms with Crippen LogP contribution in [0.5, 0.6) is 0 Å². The average molecular weight is 531 g/mol. The molecular weight excluding hydrogens is 488 g/mol. The van der Waals surface area contributed by atoms with Gasteiger partial charge in [-0.3, -0.25) is 4.79 Å². The number of aliphatic hydroxyl groups excluding tert-OH is 7. The van der Waals surface area contributed by atoms with E-state index in [0.717, 1.165) is 6.42 Å². The van der Waals surface area contributed by atoms with Gasteiger partial charge >= 0.3 is 5.97 Å². The van der Waals surface area contributed by atoms with Crippen molar-refractivity contribution in [3.8, 4) is 0 Å². The molecule has 11 nitrogen and oxygen atoms in total. The van der Waals surface area contributed by atoms with E-state index in [0.29, 0.717) is 32.1 Å². The van der Waals surface area contributed by atoms with E-state index < -0.39 is 89.9 Å². The average Bonchev–Trinajstić information content (AvgIpc) is 3.10. The molecule has 5 aliphatic rings. The van der Waals surface area contributed by atoms with Crippen LogP contribution in [0.1, 0.15) is 58.8 Å². The van der Waals surface area contributed by atoms with Crippen molar-refractivity contribution in [1.82, 2.24) is 0 Å². The molecule has 0 aromatic carbocycles. The molecule has 37 heavy (non-hydrogen) atoms. The van der Waals surface area contributed by atoms with Crippen molar-refractivity contribution < 1.29 is 55.1 Å². The van der Waals surface area contributed by atoms with Crippen molar-refractivity contribution in [2.75, 3.05) is 13.2 Å². The van der Waals surface area contributed by atoms with Crippen molar-refractivity contribution in [3.63, 3.8) is 0 Å². The monoisotopic (exact) mass is 530 g/mol. The Morgan fingerprint density at radius 1 is 0.973 bits per heavy atom. The third-order valence-corrected chi connectivity index (χ3v) is 11.3. The molecule has 0 aromatic rings. The summed E-state index contributed by atoms with van der Waals surface area (Å²) < 4.78 is 11.8. The standard InChI is InChI=1S/C26H42O11/c1-23-6-3-7-24(2,22(34)35)19(23)18(32)20(33)25-8-12(4-5-14(23)25)26(10-25,11-28)37-21-17(31)16(30)15(29)13(9-27)36-21/h12-21,27-33H,3-11H2,1-2H3,(H,34,35)/t12-,13+,14-,15+,16-,17+,18+,19-,20+,21-,23+,24-,25-,26+/m0/s1. The lowest BCUT2D eigenvalue weighted by molar-refractivity contribution is -0.335. The molecule has 212 valence electrons. The summed E-state index contributed by atoms with van der Waals surface area (Å²) in [6.45, 7) is 2.64. The van der Waals surface area contributed by atoms with Crippen LogP contribution in [-0.4, -0.2) is 109 Å². The van der Waals surface area contributed by atoms with Crippen LogP contribution in [0, 0.1) is 34.0 Å². The van der Waals surface area contributed by atoms with Crippen molar-refractivity contribution in [2.45, 2.75) is 107 Å². The zero-order valence-electron chi connectivity index (χ0n) is 21.4. The molecule has 1 saturated heterocycles. The van der Waals surface area contributed by atoms with Crippen LogP contribution < -0.4 is 0 Å². The Morgan fingerprint density at radius 2 is 1.68 bits per heavy atom. The maximum absolute atomic E-state index is 12.4. The quantitative estimate of drug-likeness (QED) is 0.216. The van der Waals surface area contributed by atoms with Crippen LogP contribution in [0.15, 0.2) is 0 Å². The van der Waals surface area contributed by atoms with Crippen molar-refractivity contribution in [1.29, 1.82) is 0 Å². The fourth-order valence-corrected chi connectivity index (χ4v) is 9.67. The number of hydrogen-bond donors (Lipinski definition) is 8. The fourth-order valence-electron chi connectivity index (χ4n) is 9.67. The van der Waals surface area contributed by atoms with Gasteiger partial charge in [-0.25, -0.2) is 0 Å². The molecule has 0 amide bonds. The third kappa shape index (κ3) is 3.62. The first kappa shape index (κ1) is 27.7. The first-order valence-electron chi connectivity index (χ1n) is 13.5. The van der Waals surface area contributed by atoms with Gasteiger partial charge in [0.05, 0.1) is 36.4 Å². The summed E-state index contributed by atoms with van der Waals surface area (Å²) in [6, 6.07) is 0. The van der Waals surface area contributed by atoms with Gasteiger partial charge in [0.1, 0.15) is 24.4 Å². The maximum atomic E-state index is 12.4. The molecule has 14 atom stereocenters. The highest BCUT2D eigenvalue weighted by Gasteiger charge is 2.74. The van der Waals surface area contributed by atoms with Gasteiger partial charge in [-0.15, -0.1) is 0 Å². The van der Waals surface area contributed by atoms with Crippen LogP contribution in [-0.2, 0) is 14.3 Å². The Labute approximate surface area is 216 Å². The van der Waals surface area contributed by atoms with Gasteiger partial charge < -0.3 is 50.3 Å². The molecule has 8 N–H and O–H groups in total. The lowest BCUT2D eigenvalue weighted by atomic mass is 9.39. The SMILES string of the molecule is C[C@]12CCC[C@](C)(C(=O)O)[C@H]1[C@@H](O)[C@@H](O)[C@]13C[C@H](CC[C@@H]21)[C@@](CO)(O[C@@H]1O[C@H](CO)[C@@H](O)[C@H](O)[C@H]1O)C3. The zero-order valence-corrected chi connectivity index (χ0v) is 21.4. The molecular formula is C26H42O11. The highest BCUT2D eigenvalue weighted by molar-refractivity contribution is 5.75. The molecule has 1 heterocycles. The molecule has 5 fully saturated rings. The molecule has 4 aliphatic carbocycles. The summed E-state index contributed by atoms with van der Waals surface area (Å²) in [5.41, 5.74) is -3.84. The summed E-state index contributed by atoms with van der Waals surface area (Å²) >= 11 is 0. The Morgan fingerprint density at radius 3 is 2.30 bits per heavy atom. The second-order valence-corrected chi connectivity index (χ2v) is 13.0. The van der Waals surface area contributed by atoms with Gasteiger partial charge in [0.2, 0.25) is 0 Å². The number of carboxylic acid groups (broad SMARTS) is 1. The largest absolute Gasteiger partial charge is 0.481 e. The van der Waals surface area contributed by atoms with Crippen molar-refractivity contribution >= 4 is 5.97 Å². The minimum atomic E-state index is -1.63. The normalized spacial score (nSPS) is 57.4. The Balaban J connectivity index is 1.50. The van der Waals surface area contributed by atoms with Crippen LogP contribution >= 0.6 is 0 Å². The minimum Gasteiger partial charge on any atom is -0.481 e. The topological polar surface area (TPSA) is 197 Å². The van der Waals surface area contributed by atoms with E-state index in [9.17, 15) is 45.6 Å². The van der Waals surface area contributed by atoms with Gasteiger partial charge in [-0.1, -0.05) is 13.3 Å². The molecule has 0 unspecified atom stereocenters. The number of aliphatic hydroxyl groups is 7. The fraction of sp³-hybridized carbons (Fsp3) is 0.962. The zero-order chi connectivity index (χ0) is 27.1. The number of carbonyl (C=O) groups is 1. The van der Waals surface area contributed by atoms with Crippen molar-refractivity contribution in [3.05, 3.63) is 0 Å². The predicted octanol–water partition coefficient (Wildman–Crippen LogP) is -1.03. The van der Waals surface area contributed by atoms with Gasteiger partial charge in [0.25, 0.3) is 0 Å². The highest BCUT2D eigenvalue weighted by atomic mass is 16.7. The lowest BCUT2D eigenvalue weighted by Crippen LogP contribution is -2.69. The molecule has 1 spiro atoms. The summed E-state index contributed by atoms with van der Waals surface area (Å²) in [4.78, 5) is 12.4. The van der Waals surface area contributed by atoms with Crippen LogP contribution in [0.3, 0.4) is 0 Å². The van der Waals surface area contributed by atoms with E-state index in [-0.39, 0.29) is 18.3 Å². The van der Waals surface area contributed by atoms with Crippen LogP contribution in [0.2, 0.25) is 0 Å². The number of ether oxygens (including phenoxy) is 2. The number of aliphatic carboxylic acids is 1.